The molecule has 200 valence electrons. The summed E-state index contributed by atoms with van der Waals surface area (Å²) < 4.78 is 0. The molecule has 0 aliphatic carbocycles. The molecule has 33 heavy (non-hydrogen) atoms. The highest BCUT2D eigenvalue weighted by molar-refractivity contribution is 4.61. The van der Waals surface area contributed by atoms with E-state index in [2.05, 4.69) is 11.8 Å². The van der Waals surface area contributed by atoms with Gasteiger partial charge in [-0.25, -0.2) is 0 Å². The average Bonchev–Trinajstić information content (AvgIpc) is 2.83. The van der Waals surface area contributed by atoms with E-state index in [9.17, 15) is 0 Å². The van der Waals surface area contributed by atoms with E-state index < -0.39 is 0 Å². The normalized spacial score (nSPS) is 11.6. The summed E-state index contributed by atoms with van der Waals surface area (Å²) in [6.45, 7) is 6.86. The highest BCUT2D eigenvalue weighted by atomic mass is 16.3. The quantitative estimate of drug-likeness (QED) is 0.108. The van der Waals surface area contributed by atoms with Crippen LogP contribution in [0.15, 0.2) is 0 Å². The van der Waals surface area contributed by atoms with E-state index in [4.69, 9.17) is 10.2 Å². The number of hydrogen-bond acceptors (Lipinski definition) is 3. The first kappa shape index (κ1) is 32.9. The Balaban J connectivity index is 3.77. The molecule has 0 aromatic rings. The molecule has 2 N–H and O–H groups in total. The minimum Gasteiger partial charge on any atom is -0.396 e. The summed E-state index contributed by atoms with van der Waals surface area (Å²) in [7, 11) is 0. The number of aliphatic hydroxyl groups excluding tert-OH is 2. The summed E-state index contributed by atoms with van der Waals surface area (Å²) >= 11 is 0. The maximum absolute atomic E-state index is 8.90. The van der Waals surface area contributed by atoms with Crippen molar-refractivity contribution in [1.29, 1.82) is 0 Å². The Kier molecular flexibility index (Phi) is 29.8. The zero-order valence-electron chi connectivity index (χ0n) is 22.8. The van der Waals surface area contributed by atoms with Gasteiger partial charge < -0.3 is 15.1 Å². The minimum absolute atomic E-state index is 0.354. The van der Waals surface area contributed by atoms with E-state index >= 15 is 0 Å². The molecule has 0 aliphatic heterocycles. The molecular weight excluding hydrogens is 406 g/mol. The van der Waals surface area contributed by atoms with Gasteiger partial charge in [-0.3, -0.25) is 0 Å². The van der Waals surface area contributed by atoms with Crippen molar-refractivity contribution in [2.45, 2.75) is 161 Å². The fraction of sp³-hybridized carbons (Fsp3) is 1.00. The summed E-state index contributed by atoms with van der Waals surface area (Å²) in [6, 6.07) is 0. The molecule has 0 radical (unpaired) electrons. The predicted octanol–water partition coefficient (Wildman–Crippen LogP) is 8.66. The van der Waals surface area contributed by atoms with E-state index in [1.807, 2.05) is 0 Å². The molecule has 0 unspecified atom stereocenters. The molecule has 0 saturated carbocycles. The number of nitrogens with zero attached hydrogens (tertiary/aromatic N) is 1. The first-order valence-electron chi connectivity index (χ1n) is 15.3. The van der Waals surface area contributed by atoms with Gasteiger partial charge in [-0.15, -0.1) is 0 Å². The summed E-state index contributed by atoms with van der Waals surface area (Å²) in [5, 5.41) is 17.8. The molecule has 0 amide bonds. The van der Waals surface area contributed by atoms with E-state index in [0.717, 1.165) is 12.8 Å². The van der Waals surface area contributed by atoms with Gasteiger partial charge >= 0.3 is 0 Å². The third kappa shape index (κ3) is 28.0. The molecular formula is C30H63NO2. The van der Waals surface area contributed by atoms with Crippen LogP contribution in [0, 0.1) is 0 Å². The molecule has 0 rings (SSSR count). The topological polar surface area (TPSA) is 43.7 Å². The Labute approximate surface area is 209 Å². The molecule has 0 aromatic carbocycles. The standard InChI is InChI=1S/C30H63NO2/c1-2-3-4-5-6-7-8-9-10-11-16-21-26-31(27-22-17-12-14-19-24-29-32)28-23-18-13-15-20-25-30-33/h32-33H,2-30H2,1H3. The maximum Gasteiger partial charge on any atom is 0.0431 e. The fourth-order valence-corrected chi connectivity index (χ4v) is 4.82. The lowest BCUT2D eigenvalue weighted by Crippen LogP contribution is -2.27. The van der Waals surface area contributed by atoms with Crippen LogP contribution in [0.5, 0.6) is 0 Å². The second kappa shape index (κ2) is 29.9. The number of unbranched alkanes of at least 4 members (excludes halogenated alkanes) is 21. The van der Waals surface area contributed by atoms with Gasteiger partial charge in [0.1, 0.15) is 0 Å². The SMILES string of the molecule is CCCCCCCCCCCCCCN(CCCCCCCCO)CCCCCCCCO. The van der Waals surface area contributed by atoms with Gasteiger partial charge in [-0.05, 0) is 51.7 Å². The third-order valence-corrected chi connectivity index (χ3v) is 7.09. The minimum atomic E-state index is 0.354. The van der Waals surface area contributed by atoms with Crippen LogP contribution in [0.25, 0.3) is 0 Å². The summed E-state index contributed by atoms with van der Waals surface area (Å²) in [4.78, 5) is 2.75. The van der Waals surface area contributed by atoms with Crippen LogP contribution in [0.1, 0.15) is 161 Å². The Hall–Kier alpha value is -0.120. The van der Waals surface area contributed by atoms with Crippen LogP contribution >= 0.6 is 0 Å². The monoisotopic (exact) mass is 469 g/mol. The summed E-state index contributed by atoms with van der Waals surface area (Å²) in [5.41, 5.74) is 0. The highest BCUT2D eigenvalue weighted by Crippen LogP contribution is 2.13. The van der Waals surface area contributed by atoms with Gasteiger partial charge in [0, 0.05) is 13.2 Å². The highest BCUT2D eigenvalue weighted by Gasteiger charge is 2.05. The predicted molar refractivity (Wildman–Crippen MR) is 147 cm³/mol. The van der Waals surface area contributed by atoms with E-state index in [0.29, 0.717) is 13.2 Å². The molecule has 0 atom stereocenters. The lowest BCUT2D eigenvalue weighted by Gasteiger charge is -2.22. The summed E-state index contributed by atoms with van der Waals surface area (Å²) in [5.74, 6) is 0. The Morgan fingerprint density at radius 2 is 0.576 bits per heavy atom. The van der Waals surface area contributed by atoms with E-state index in [-0.39, 0.29) is 0 Å². The zero-order chi connectivity index (χ0) is 24.1. The molecule has 3 nitrogen and oxygen atoms in total. The van der Waals surface area contributed by atoms with Crippen molar-refractivity contribution in [2.24, 2.45) is 0 Å². The lowest BCUT2D eigenvalue weighted by atomic mass is 10.1. The maximum atomic E-state index is 8.90. The van der Waals surface area contributed by atoms with Crippen LogP contribution in [-0.4, -0.2) is 48.0 Å². The van der Waals surface area contributed by atoms with Gasteiger partial charge in [0.2, 0.25) is 0 Å². The fourth-order valence-electron chi connectivity index (χ4n) is 4.82. The largest absolute Gasteiger partial charge is 0.396 e. The van der Waals surface area contributed by atoms with Crippen LogP contribution < -0.4 is 0 Å². The van der Waals surface area contributed by atoms with Crippen LogP contribution in [0.4, 0.5) is 0 Å². The van der Waals surface area contributed by atoms with Crippen molar-refractivity contribution in [3.05, 3.63) is 0 Å². The average molecular weight is 470 g/mol. The van der Waals surface area contributed by atoms with Crippen LogP contribution in [-0.2, 0) is 0 Å². The van der Waals surface area contributed by atoms with Gasteiger partial charge in [-0.1, -0.05) is 129 Å². The smallest absolute Gasteiger partial charge is 0.0431 e. The molecule has 0 spiro atoms. The second-order valence-electron chi connectivity index (χ2n) is 10.4. The van der Waals surface area contributed by atoms with Crippen LogP contribution in [0.2, 0.25) is 0 Å². The van der Waals surface area contributed by atoms with E-state index in [1.165, 1.54) is 161 Å². The van der Waals surface area contributed by atoms with Crippen LogP contribution in [0.3, 0.4) is 0 Å². The Morgan fingerprint density at radius 1 is 0.333 bits per heavy atom. The van der Waals surface area contributed by atoms with Gasteiger partial charge in [0.15, 0.2) is 0 Å². The Bertz CT molecular complexity index is 319. The van der Waals surface area contributed by atoms with Gasteiger partial charge in [0.05, 0.1) is 0 Å². The summed E-state index contributed by atoms with van der Waals surface area (Å²) in [6.07, 6.45) is 32.1. The molecule has 0 aliphatic rings. The first-order chi connectivity index (χ1) is 16.3. The first-order valence-corrected chi connectivity index (χ1v) is 15.3. The number of rotatable bonds is 29. The van der Waals surface area contributed by atoms with Crippen molar-refractivity contribution in [2.75, 3.05) is 32.8 Å². The van der Waals surface area contributed by atoms with Crippen molar-refractivity contribution in [1.82, 2.24) is 4.90 Å². The van der Waals surface area contributed by atoms with Crippen molar-refractivity contribution in [3.8, 4) is 0 Å². The third-order valence-electron chi connectivity index (χ3n) is 7.09. The number of hydrogen-bond donors (Lipinski definition) is 2. The van der Waals surface area contributed by atoms with Crippen molar-refractivity contribution >= 4 is 0 Å². The van der Waals surface area contributed by atoms with E-state index in [1.54, 1.807) is 0 Å². The molecule has 0 heterocycles. The molecule has 3 heteroatoms. The Morgan fingerprint density at radius 3 is 0.848 bits per heavy atom. The lowest BCUT2D eigenvalue weighted by molar-refractivity contribution is 0.252. The second-order valence-corrected chi connectivity index (χ2v) is 10.4. The van der Waals surface area contributed by atoms with Gasteiger partial charge in [-0.2, -0.15) is 0 Å². The zero-order valence-corrected chi connectivity index (χ0v) is 22.8. The molecule has 0 saturated heterocycles. The number of aliphatic hydroxyl groups is 2. The molecule has 0 bridgehead atoms. The molecule has 0 fully saturated rings. The van der Waals surface area contributed by atoms with Gasteiger partial charge in [0.25, 0.3) is 0 Å². The van der Waals surface area contributed by atoms with Crippen molar-refractivity contribution < 1.29 is 10.2 Å². The van der Waals surface area contributed by atoms with Crippen molar-refractivity contribution in [3.63, 3.8) is 0 Å². The molecule has 0 aromatic heterocycles.